The third-order valence-corrected chi connectivity index (χ3v) is 7.37. The van der Waals surface area contributed by atoms with Crippen molar-refractivity contribution in [3.63, 3.8) is 0 Å². The van der Waals surface area contributed by atoms with Gasteiger partial charge in [0, 0.05) is 30.6 Å². The summed E-state index contributed by atoms with van der Waals surface area (Å²) >= 11 is 11.8. The van der Waals surface area contributed by atoms with Crippen LogP contribution in [0.4, 0.5) is 5.69 Å². The average Bonchev–Trinajstić information content (AvgIpc) is 3.12. The Bertz CT molecular complexity index is 705. The highest BCUT2D eigenvalue weighted by Gasteiger charge is 2.55. The third kappa shape index (κ3) is 3.98. The number of hydrogen-bond donors (Lipinski definition) is 0. The van der Waals surface area contributed by atoms with E-state index < -0.39 is 0 Å². The van der Waals surface area contributed by atoms with Crippen LogP contribution in [0.1, 0.15) is 72.3 Å². The van der Waals surface area contributed by atoms with Crippen LogP contribution < -0.4 is 4.90 Å². The van der Waals surface area contributed by atoms with Crippen LogP contribution in [-0.4, -0.2) is 52.1 Å². The molecule has 4 heterocycles. The molecule has 3 nitrogen and oxygen atoms in total. The molecule has 1 aromatic carbocycles. The van der Waals surface area contributed by atoms with E-state index in [4.69, 9.17) is 24.4 Å². The van der Waals surface area contributed by atoms with Gasteiger partial charge in [0.05, 0.1) is 11.0 Å². The number of benzene rings is 1. The Morgan fingerprint density at radius 2 is 1.48 bits per heavy atom. The SMILES string of the molecule is CC.CC.CC.CN1C(=S)C2CCCN3CCC4c5ccccc5N(C1=S)C4C23. The zero-order valence-electron chi connectivity index (χ0n) is 19.3. The maximum atomic E-state index is 5.89. The summed E-state index contributed by atoms with van der Waals surface area (Å²) < 4.78 is 0. The van der Waals surface area contributed by atoms with Crippen molar-refractivity contribution < 1.29 is 0 Å². The predicted molar refractivity (Wildman–Crippen MR) is 135 cm³/mol. The highest BCUT2D eigenvalue weighted by atomic mass is 32.1. The number of fused-ring (bicyclic) bond motifs is 3. The third-order valence-electron chi connectivity index (χ3n) is 6.32. The average molecular weight is 434 g/mol. The van der Waals surface area contributed by atoms with E-state index in [0.29, 0.717) is 23.9 Å². The molecule has 29 heavy (non-hydrogen) atoms. The van der Waals surface area contributed by atoms with Crippen LogP contribution in [0.2, 0.25) is 0 Å². The van der Waals surface area contributed by atoms with Gasteiger partial charge in [-0.1, -0.05) is 72.0 Å². The number of anilines is 1. The van der Waals surface area contributed by atoms with E-state index in [9.17, 15) is 0 Å². The maximum Gasteiger partial charge on any atom is 0.181 e. The minimum absolute atomic E-state index is 0.460. The zero-order chi connectivity index (χ0) is 21.7. The first kappa shape index (κ1) is 24.2. The first-order valence-corrected chi connectivity index (χ1v) is 12.4. The van der Waals surface area contributed by atoms with Gasteiger partial charge in [-0.3, -0.25) is 4.90 Å². The lowest BCUT2D eigenvalue weighted by Crippen LogP contribution is -2.61. The van der Waals surface area contributed by atoms with Gasteiger partial charge in [-0.15, -0.1) is 0 Å². The predicted octanol–water partition coefficient (Wildman–Crippen LogP) is 6.08. The van der Waals surface area contributed by atoms with E-state index in [-0.39, 0.29) is 0 Å². The molecule has 0 radical (unpaired) electrons. The molecule has 3 saturated heterocycles. The molecule has 3 fully saturated rings. The van der Waals surface area contributed by atoms with Gasteiger partial charge >= 0.3 is 0 Å². The normalized spacial score (nSPS) is 29.1. The van der Waals surface area contributed by atoms with Gasteiger partial charge in [0.2, 0.25) is 0 Å². The summed E-state index contributed by atoms with van der Waals surface area (Å²) in [4.78, 5) is 8.29. The highest BCUT2D eigenvalue weighted by Crippen LogP contribution is 2.51. The molecule has 0 spiro atoms. The first-order chi connectivity index (χ1) is 14.2. The van der Waals surface area contributed by atoms with Crippen LogP contribution in [-0.2, 0) is 0 Å². The van der Waals surface area contributed by atoms with Crippen molar-refractivity contribution in [1.82, 2.24) is 9.80 Å². The molecular weight excluding hydrogens is 394 g/mol. The number of para-hydroxylation sites is 1. The second-order valence-corrected chi connectivity index (χ2v) is 8.05. The Morgan fingerprint density at radius 3 is 2.17 bits per heavy atom. The Morgan fingerprint density at radius 1 is 0.828 bits per heavy atom. The summed E-state index contributed by atoms with van der Waals surface area (Å²) in [6, 6.07) is 9.84. The fourth-order valence-corrected chi connectivity index (χ4v) is 6.10. The van der Waals surface area contributed by atoms with Gasteiger partial charge in [0.1, 0.15) is 0 Å². The van der Waals surface area contributed by atoms with Gasteiger partial charge < -0.3 is 9.80 Å². The van der Waals surface area contributed by atoms with Gasteiger partial charge in [-0.2, -0.15) is 0 Å². The summed E-state index contributed by atoms with van der Waals surface area (Å²) in [5.41, 5.74) is 2.81. The van der Waals surface area contributed by atoms with E-state index in [1.807, 2.05) is 41.5 Å². The minimum Gasteiger partial charge on any atom is -0.316 e. The van der Waals surface area contributed by atoms with Crippen LogP contribution in [0.5, 0.6) is 0 Å². The summed E-state index contributed by atoms with van der Waals surface area (Å²) in [6.45, 7) is 14.4. The Hall–Kier alpha value is -1.04. The van der Waals surface area contributed by atoms with Crippen LogP contribution >= 0.6 is 24.4 Å². The number of nitrogens with zero attached hydrogens (tertiary/aromatic N) is 3. The maximum absolute atomic E-state index is 5.89. The second kappa shape index (κ2) is 10.8. The fourth-order valence-electron chi connectivity index (χ4n) is 5.38. The summed E-state index contributed by atoms with van der Waals surface area (Å²) in [7, 11) is 2.07. The quantitative estimate of drug-likeness (QED) is 0.457. The molecule has 4 aliphatic rings. The molecule has 5 heteroatoms. The standard InChI is InChI=1S/C18H21N3S2.3C2H6/c1-19-17(22)13-6-4-9-20-10-8-12-11-5-2-3-7-14(11)21(18(19)23)16(12)15(13)20;3*1-2/h2-3,5,7,12-13,15-16H,4,6,8-10H2,1H3;3*1-2H3. The number of thiocarbonyl (C=S) groups is 2. The molecule has 0 N–H and O–H groups in total. The van der Waals surface area contributed by atoms with Gasteiger partial charge in [-0.05, 0) is 56.2 Å². The van der Waals surface area contributed by atoms with Crippen molar-refractivity contribution >= 4 is 40.2 Å². The van der Waals surface area contributed by atoms with Gasteiger partial charge in [-0.25, -0.2) is 0 Å². The van der Waals surface area contributed by atoms with E-state index in [2.05, 4.69) is 46.0 Å². The van der Waals surface area contributed by atoms with Crippen LogP contribution in [0.25, 0.3) is 0 Å². The topological polar surface area (TPSA) is 9.72 Å². The molecule has 4 aliphatic heterocycles. The van der Waals surface area contributed by atoms with Crippen LogP contribution in [0.15, 0.2) is 24.3 Å². The fraction of sp³-hybridized carbons (Fsp3) is 0.667. The summed E-state index contributed by atoms with van der Waals surface area (Å²) in [6.07, 6.45) is 3.70. The molecule has 0 amide bonds. The molecule has 4 unspecified atom stereocenters. The van der Waals surface area contributed by atoms with E-state index in [0.717, 1.165) is 10.1 Å². The zero-order valence-corrected chi connectivity index (χ0v) is 20.9. The molecule has 0 aliphatic carbocycles. The van der Waals surface area contributed by atoms with Crippen molar-refractivity contribution in [3.05, 3.63) is 29.8 Å². The minimum atomic E-state index is 0.460. The van der Waals surface area contributed by atoms with Crippen molar-refractivity contribution in [2.45, 2.75) is 78.8 Å². The lowest BCUT2D eigenvalue weighted by molar-refractivity contribution is 0.0639. The Labute approximate surface area is 189 Å². The van der Waals surface area contributed by atoms with Crippen molar-refractivity contribution in [2.24, 2.45) is 5.92 Å². The molecule has 0 aromatic heterocycles. The molecule has 0 bridgehead atoms. The molecule has 4 atom stereocenters. The van der Waals surface area contributed by atoms with E-state index in [1.165, 1.54) is 43.6 Å². The van der Waals surface area contributed by atoms with Crippen LogP contribution in [0, 0.1) is 5.92 Å². The number of rotatable bonds is 0. The van der Waals surface area contributed by atoms with E-state index >= 15 is 0 Å². The second-order valence-electron chi connectivity index (χ2n) is 7.27. The lowest BCUT2D eigenvalue weighted by Gasteiger charge is -2.50. The molecule has 1 aromatic rings. The van der Waals surface area contributed by atoms with Crippen molar-refractivity contribution in [1.29, 1.82) is 0 Å². The van der Waals surface area contributed by atoms with Crippen molar-refractivity contribution in [3.8, 4) is 0 Å². The first-order valence-electron chi connectivity index (χ1n) is 11.6. The van der Waals surface area contributed by atoms with E-state index in [1.54, 1.807) is 0 Å². The molecule has 5 rings (SSSR count). The highest BCUT2D eigenvalue weighted by molar-refractivity contribution is 7.82. The molecule has 162 valence electrons. The lowest BCUT2D eigenvalue weighted by atomic mass is 9.75. The van der Waals surface area contributed by atoms with Gasteiger partial charge in [0.25, 0.3) is 0 Å². The number of hydrogen-bond acceptors (Lipinski definition) is 3. The summed E-state index contributed by atoms with van der Waals surface area (Å²) in [5, 5.41) is 0.895. The van der Waals surface area contributed by atoms with Gasteiger partial charge in [0.15, 0.2) is 5.11 Å². The monoisotopic (exact) mass is 433 g/mol. The Kier molecular flexibility index (Phi) is 9.05. The largest absolute Gasteiger partial charge is 0.316 e. The molecular formula is C24H39N3S2. The van der Waals surface area contributed by atoms with Crippen molar-refractivity contribution in [2.75, 3.05) is 25.0 Å². The molecule has 0 saturated carbocycles. The Balaban J connectivity index is 0.000000461. The van der Waals surface area contributed by atoms with Crippen LogP contribution in [0.3, 0.4) is 0 Å². The summed E-state index contributed by atoms with van der Waals surface area (Å²) in [5.74, 6) is 1.06. The number of piperidine rings is 2. The smallest absolute Gasteiger partial charge is 0.181 e.